The monoisotopic (exact) mass is 334 g/mol. The van der Waals surface area contributed by atoms with Gasteiger partial charge in [0.15, 0.2) is 11.6 Å². The second kappa shape index (κ2) is 7.91. The maximum atomic E-state index is 13.4. The smallest absolute Gasteiger partial charge is 0.159 e. The Labute approximate surface area is 141 Å². The fourth-order valence-electron chi connectivity index (χ4n) is 4.84. The van der Waals surface area contributed by atoms with Crippen LogP contribution in [0.3, 0.4) is 0 Å². The summed E-state index contributed by atoms with van der Waals surface area (Å²) >= 11 is 0. The van der Waals surface area contributed by atoms with Crippen molar-refractivity contribution in [2.75, 3.05) is 0 Å². The normalized spacial score (nSPS) is 32.0. The van der Waals surface area contributed by atoms with Crippen LogP contribution in [0.25, 0.3) is 0 Å². The van der Waals surface area contributed by atoms with Crippen molar-refractivity contribution in [3.8, 4) is 0 Å². The number of rotatable bonds is 4. The molecule has 0 nitrogen and oxygen atoms in total. The van der Waals surface area contributed by atoms with Gasteiger partial charge in [-0.25, -0.2) is 8.78 Å². The van der Waals surface area contributed by atoms with Crippen molar-refractivity contribution in [1.82, 2.24) is 0 Å². The molecule has 0 aliphatic heterocycles. The Balaban J connectivity index is 1.50. The quantitative estimate of drug-likeness (QED) is 0.574. The van der Waals surface area contributed by atoms with E-state index in [1.54, 1.807) is 6.07 Å². The molecule has 3 heteroatoms. The molecule has 0 aromatic heterocycles. The molecule has 126 valence electrons. The second-order valence-electron chi connectivity index (χ2n) is 7.62. The van der Waals surface area contributed by atoms with Crippen molar-refractivity contribution in [3.05, 3.63) is 35.4 Å². The molecule has 23 heavy (non-hydrogen) atoms. The molecule has 1 aromatic carbocycles. The summed E-state index contributed by atoms with van der Waals surface area (Å²) < 4.78 is 26.5. The molecule has 0 spiro atoms. The molecule has 0 amide bonds. The fourth-order valence-corrected chi connectivity index (χ4v) is 5.83. The molecular formula is C20H28F2Si. The lowest BCUT2D eigenvalue weighted by molar-refractivity contribution is 0.165. The van der Waals surface area contributed by atoms with Gasteiger partial charge in [-0.1, -0.05) is 31.5 Å². The number of hydrogen-bond acceptors (Lipinski definition) is 0. The van der Waals surface area contributed by atoms with Crippen molar-refractivity contribution in [2.45, 2.75) is 69.9 Å². The lowest BCUT2D eigenvalue weighted by atomic mass is 9.68. The first kappa shape index (κ1) is 17.1. The lowest BCUT2D eigenvalue weighted by Gasteiger charge is -2.38. The fraction of sp³-hybridized carbons (Fsp3) is 0.700. The van der Waals surface area contributed by atoms with Gasteiger partial charge in [0.2, 0.25) is 0 Å². The molecule has 2 aliphatic rings. The van der Waals surface area contributed by atoms with Gasteiger partial charge in [-0.2, -0.15) is 0 Å². The van der Waals surface area contributed by atoms with Crippen LogP contribution in [0.2, 0.25) is 12.6 Å². The zero-order chi connectivity index (χ0) is 16.2. The summed E-state index contributed by atoms with van der Waals surface area (Å²) in [5.74, 6) is 1.80. The molecule has 0 saturated heterocycles. The first-order valence-corrected chi connectivity index (χ1v) is 11.0. The van der Waals surface area contributed by atoms with Crippen LogP contribution < -0.4 is 0 Å². The molecule has 0 heterocycles. The van der Waals surface area contributed by atoms with Crippen molar-refractivity contribution in [2.24, 2.45) is 17.8 Å². The van der Waals surface area contributed by atoms with E-state index in [1.165, 1.54) is 56.7 Å². The van der Waals surface area contributed by atoms with E-state index in [9.17, 15) is 8.78 Å². The molecule has 0 atom stereocenters. The number of hydrogen-bond donors (Lipinski definition) is 0. The SMILES string of the molecule is C[Si]CC1CCC(C2CCC(c3ccc(F)c(F)c3)CC2)CC1. The highest BCUT2D eigenvalue weighted by Gasteiger charge is 2.31. The van der Waals surface area contributed by atoms with Crippen LogP contribution in [0.1, 0.15) is 62.8 Å². The van der Waals surface area contributed by atoms with E-state index in [1.807, 2.05) is 0 Å². The Morgan fingerprint density at radius 3 is 2.04 bits per heavy atom. The molecule has 0 N–H and O–H groups in total. The Morgan fingerprint density at radius 2 is 1.48 bits per heavy atom. The van der Waals surface area contributed by atoms with Crippen molar-refractivity contribution < 1.29 is 8.78 Å². The predicted molar refractivity (Wildman–Crippen MR) is 92.9 cm³/mol. The standard InChI is InChI=1S/C20H28F2Si/c1-23-13-14-2-4-15(5-3-14)16-6-8-17(9-7-16)18-10-11-19(21)20(22)12-18/h10-12,14-17H,2-9,13H2,1H3. The highest BCUT2D eigenvalue weighted by Crippen LogP contribution is 2.44. The third-order valence-electron chi connectivity index (χ3n) is 6.24. The van der Waals surface area contributed by atoms with Gasteiger partial charge < -0.3 is 0 Å². The largest absolute Gasteiger partial charge is 0.204 e. The summed E-state index contributed by atoms with van der Waals surface area (Å²) in [5.41, 5.74) is 0.995. The van der Waals surface area contributed by atoms with Crippen LogP contribution in [0.15, 0.2) is 18.2 Å². The molecular weight excluding hydrogens is 306 g/mol. The predicted octanol–water partition coefficient (Wildman–Crippen LogP) is 6.22. The van der Waals surface area contributed by atoms with Gasteiger partial charge in [0.05, 0.1) is 0 Å². The Morgan fingerprint density at radius 1 is 0.870 bits per heavy atom. The Bertz CT molecular complexity index is 500. The van der Waals surface area contributed by atoms with Gasteiger partial charge >= 0.3 is 0 Å². The molecule has 2 aliphatic carbocycles. The minimum absolute atomic E-state index is 0.430. The van der Waals surface area contributed by atoms with Gasteiger partial charge in [0.25, 0.3) is 0 Å². The topological polar surface area (TPSA) is 0 Å². The summed E-state index contributed by atoms with van der Waals surface area (Å²) in [5, 5.41) is 0. The van der Waals surface area contributed by atoms with Crippen LogP contribution in [0, 0.1) is 29.4 Å². The van der Waals surface area contributed by atoms with Crippen LogP contribution in [0.4, 0.5) is 8.78 Å². The number of halogens is 2. The van der Waals surface area contributed by atoms with E-state index in [0.29, 0.717) is 5.92 Å². The molecule has 2 saturated carbocycles. The lowest BCUT2D eigenvalue weighted by Crippen LogP contribution is -2.25. The van der Waals surface area contributed by atoms with E-state index in [-0.39, 0.29) is 0 Å². The zero-order valence-electron chi connectivity index (χ0n) is 14.2. The van der Waals surface area contributed by atoms with Crippen molar-refractivity contribution in [1.29, 1.82) is 0 Å². The summed E-state index contributed by atoms with van der Waals surface area (Å²) in [6.45, 7) is 2.33. The number of benzene rings is 1. The molecule has 3 rings (SSSR count). The van der Waals surface area contributed by atoms with Crippen LogP contribution >= 0.6 is 0 Å². The minimum Gasteiger partial charge on any atom is -0.204 e. The third-order valence-corrected chi connectivity index (χ3v) is 7.22. The van der Waals surface area contributed by atoms with E-state index < -0.39 is 11.6 Å². The van der Waals surface area contributed by atoms with Crippen LogP contribution in [-0.2, 0) is 0 Å². The maximum absolute atomic E-state index is 13.4. The Kier molecular flexibility index (Phi) is 5.89. The summed E-state index contributed by atoms with van der Waals surface area (Å²) in [6, 6.07) is 5.92. The van der Waals surface area contributed by atoms with Gasteiger partial charge in [-0.05, 0) is 79.9 Å². The highest BCUT2D eigenvalue weighted by molar-refractivity contribution is 6.33. The van der Waals surface area contributed by atoms with Gasteiger partial charge in [-0.3, -0.25) is 0 Å². The minimum atomic E-state index is -0.730. The van der Waals surface area contributed by atoms with Crippen molar-refractivity contribution >= 4 is 9.52 Å². The first-order valence-electron chi connectivity index (χ1n) is 9.27. The van der Waals surface area contributed by atoms with E-state index in [2.05, 4.69) is 6.55 Å². The Hall–Kier alpha value is -0.703. The molecule has 0 unspecified atom stereocenters. The maximum Gasteiger partial charge on any atom is 0.159 e. The van der Waals surface area contributed by atoms with Crippen LogP contribution in [-0.4, -0.2) is 9.52 Å². The zero-order valence-corrected chi connectivity index (χ0v) is 15.2. The van der Waals surface area contributed by atoms with Gasteiger partial charge in [0, 0.05) is 9.52 Å². The molecule has 1 aromatic rings. The summed E-state index contributed by atoms with van der Waals surface area (Å²) in [7, 11) is 1.11. The van der Waals surface area contributed by atoms with E-state index in [0.717, 1.165) is 45.7 Å². The van der Waals surface area contributed by atoms with Crippen LogP contribution in [0.5, 0.6) is 0 Å². The molecule has 0 bridgehead atoms. The first-order chi connectivity index (χ1) is 11.2. The van der Waals surface area contributed by atoms with Gasteiger partial charge in [0.1, 0.15) is 0 Å². The van der Waals surface area contributed by atoms with E-state index >= 15 is 0 Å². The van der Waals surface area contributed by atoms with Crippen molar-refractivity contribution in [3.63, 3.8) is 0 Å². The second-order valence-corrected chi connectivity index (χ2v) is 8.74. The average molecular weight is 335 g/mol. The molecule has 2 fully saturated rings. The molecule has 2 radical (unpaired) electrons. The highest BCUT2D eigenvalue weighted by atomic mass is 28.2. The van der Waals surface area contributed by atoms with Gasteiger partial charge in [-0.15, -0.1) is 0 Å². The van der Waals surface area contributed by atoms with E-state index in [4.69, 9.17) is 0 Å². The third kappa shape index (κ3) is 4.23. The summed E-state index contributed by atoms with van der Waals surface area (Å²) in [6.07, 6.45) is 10.6. The summed E-state index contributed by atoms with van der Waals surface area (Å²) in [4.78, 5) is 0. The average Bonchev–Trinajstić information content (AvgIpc) is 2.59.